The summed E-state index contributed by atoms with van der Waals surface area (Å²) in [6.45, 7) is 30.1. The molecule has 2 saturated heterocycles. The van der Waals surface area contributed by atoms with E-state index in [0.717, 1.165) is 33.4 Å². The Hall–Kier alpha value is -3.18. The van der Waals surface area contributed by atoms with E-state index in [4.69, 9.17) is 28.4 Å². The summed E-state index contributed by atoms with van der Waals surface area (Å²) in [5.74, 6) is 0.00206. The monoisotopic (exact) mass is 897 g/mol. The fraction of sp³-hybridized carbons (Fsp3) is 0.741. The second kappa shape index (κ2) is 24.5. The molecule has 0 radical (unpaired) electrons. The number of carbonyl (C=O) groups excluding carboxylic acids is 2. The van der Waals surface area contributed by atoms with E-state index in [1.807, 2.05) is 65.8 Å². The average Bonchev–Trinajstić information content (AvgIpc) is 3.22. The molecule has 64 heavy (non-hydrogen) atoms. The second-order valence-corrected chi connectivity index (χ2v) is 22.3. The predicted molar refractivity (Wildman–Crippen MR) is 256 cm³/mol. The van der Waals surface area contributed by atoms with Gasteiger partial charge in [0.2, 0.25) is 0 Å². The molecule has 2 fully saturated rings. The zero-order chi connectivity index (χ0) is 47.9. The minimum Gasteiger partial charge on any atom is -0.507 e. The first-order valence-corrected chi connectivity index (χ1v) is 24.3. The predicted octanol–water partition coefficient (Wildman–Crippen LogP) is 12.3. The van der Waals surface area contributed by atoms with Crippen molar-refractivity contribution in [1.82, 2.24) is 0 Å². The third-order valence-corrected chi connectivity index (χ3v) is 12.4. The number of ether oxygens (including phenoxy) is 6. The Morgan fingerprint density at radius 2 is 0.875 bits per heavy atom. The van der Waals surface area contributed by atoms with Crippen molar-refractivity contribution in [2.75, 3.05) is 39.6 Å². The lowest BCUT2D eigenvalue weighted by Gasteiger charge is -2.48. The van der Waals surface area contributed by atoms with Gasteiger partial charge in [0.25, 0.3) is 0 Å². The number of aromatic hydroxyl groups is 2. The molecule has 0 aliphatic carbocycles. The molecule has 2 aromatic carbocycles. The van der Waals surface area contributed by atoms with E-state index in [-0.39, 0.29) is 48.8 Å². The average molecular weight is 897 g/mol. The van der Waals surface area contributed by atoms with E-state index in [1.54, 1.807) is 0 Å². The van der Waals surface area contributed by atoms with Crippen LogP contribution in [0.5, 0.6) is 11.5 Å². The highest BCUT2D eigenvalue weighted by Crippen LogP contribution is 2.40. The molecule has 0 saturated carbocycles. The van der Waals surface area contributed by atoms with E-state index in [0.29, 0.717) is 50.8 Å². The van der Waals surface area contributed by atoms with Gasteiger partial charge < -0.3 is 38.6 Å². The van der Waals surface area contributed by atoms with Gasteiger partial charge in [-0.15, -0.1) is 0 Å². The maximum Gasteiger partial charge on any atom is 0.306 e. The van der Waals surface area contributed by atoms with Gasteiger partial charge in [-0.05, 0) is 70.9 Å². The third kappa shape index (κ3) is 17.2. The smallest absolute Gasteiger partial charge is 0.306 e. The minimum atomic E-state index is -0.591. The van der Waals surface area contributed by atoms with Gasteiger partial charge in [-0.25, -0.2) is 0 Å². The standard InChI is InChI=1S/C43H64O10.C11H24/c1-27-17-29(19-31(35(27)46)39(3,4)5)13-15-33(44)48-21-41(9,10)37-50-23-43(24-51-37)25-52-38(53-26-43)42(11,12)22-49-34(45)16-14-30-18-28(2)36(47)32(20-30)40(6,7)8;1-3-5-7-9-11-10-8-6-4-2/h17-20,37-38,46-47H,13-16,21-26H2,1-12H3;3-11H2,1-2H3. The second-order valence-electron chi connectivity index (χ2n) is 22.3. The molecule has 10 nitrogen and oxygen atoms in total. The number of aryl methyl sites for hydroxylation is 4. The lowest BCUT2D eigenvalue weighted by molar-refractivity contribution is -0.337. The van der Waals surface area contributed by atoms with Crippen molar-refractivity contribution in [3.63, 3.8) is 0 Å². The van der Waals surface area contributed by atoms with Gasteiger partial charge in [0.05, 0.1) is 31.8 Å². The molecule has 4 rings (SSSR count). The highest BCUT2D eigenvalue weighted by Gasteiger charge is 2.48. The Balaban J connectivity index is 0.000000871. The first-order valence-electron chi connectivity index (χ1n) is 24.3. The van der Waals surface area contributed by atoms with Crippen LogP contribution < -0.4 is 0 Å². The molecule has 2 aliphatic heterocycles. The first kappa shape index (κ1) is 55.1. The number of unbranched alkanes of at least 4 members (excludes halogenated alkanes) is 8. The summed E-state index contributed by atoms with van der Waals surface area (Å²) in [7, 11) is 0. The fourth-order valence-corrected chi connectivity index (χ4v) is 8.09. The lowest BCUT2D eigenvalue weighted by Crippen LogP contribution is -2.57. The summed E-state index contributed by atoms with van der Waals surface area (Å²) in [4.78, 5) is 25.5. The molecule has 2 aliphatic rings. The van der Waals surface area contributed by atoms with Crippen molar-refractivity contribution in [1.29, 1.82) is 0 Å². The maximum atomic E-state index is 12.7. The molecule has 2 N–H and O–H groups in total. The molecule has 0 atom stereocenters. The number of hydrogen-bond donors (Lipinski definition) is 2. The third-order valence-electron chi connectivity index (χ3n) is 12.4. The summed E-state index contributed by atoms with van der Waals surface area (Å²) in [5.41, 5.74) is 3.20. The zero-order valence-corrected chi connectivity index (χ0v) is 42.6. The molecule has 2 aromatic rings. The maximum absolute atomic E-state index is 12.7. The normalized spacial score (nSPS) is 19.5. The van der Waals surface area contributed by atoms with Crippen molar-refractivity contribution >= 4 is 11.9 Å². The SMILES string of the molecule is CCCCCCCCCCC.Cc1cc(CCC(=O)OCC(C)(C)C2OCC3(CO2)COC(C(C)(C)COC(=O)CCc2cc(C)c(O)c(C(C)(C)C)c2)OC3)cc(C(C)(C)C)c1O. The van der Waals surface area contributed by atoms with Gasteiger partial charge in [-0.1, -0.05) is 165 Å². The molecule has 0 aromatic heterocycles. The van der Waals surface area contributed by atoms with E-state index in [9.17, 15) is 19.8 Å². The Morgan fingerprint density at radius 3 is 1.17 bits per heavy atom. The van der Waals surface area contributed by atoms with Crippen LogP contribution in [0.4, 0.5) is 0 Å². The van der Waals surface area contributed by atoms with Crippen LogP contribution >= 0.6 is 0 Å². The van der Waals surface area contributed by atoms with Crippen LogP contribution in [0, 0.1) is 30.1 Å². The van der Waals surface area contributed by atoms with Crippen LogP contribution in [-0.2, 0) is 61.7 Å². The van der Waals surface area contributed by atoms with Crippen molar-refractivity contribution in [2.24, 2.45) is 16.2 Å². The van der Waals surface area contributed by atoms with Gasteiger partial charge in [-0.2, -0.15) is 0 Å². The van der Waals surface area contributed by atoms with E-state index >= 15 is 0 Å². The summed E-state index contributed by atoms with van der Waals surface area (Å²) < 4.78 is 36.1. The van der Waals surface area contributed by atoms with Crippen LogP contribution in [0.1, 0.15) is 187 Å². The molecular weight excluding hydrogens is 809 g/mol. The van der Waals surface area contributed by atoms with Crippen molar-refractivity contribution in [3.05, 3.63) is 57.6 Å². The quantitative estimate of drug-likeness (QED) is 0.0978. The number of carbonyl (C=O) groups is 2. The summed E-state index contributed by atoms with van der Waals surface area (Å²) in [6, 6.07) is 7.79. The van der Waals surface area contributed by atoms with E-state index in [1.165, 1.54) is 57.8 Å². The van der Waals surface area contributed by atoms with Crippen molar-refractivity contribution in [2.45, 2.75) is 204 Å². The molecule has 1 spiro atoms. The number of hydrogen-bond acceptors (Lipinski definition) is 10. The Bertz CT molecular complexity index is 1620. The topological polar surface area (TPSA) is 130 Å². The van der Waals surface area contributed by atoms with Crippen molar-refractivity contribution in [3.8, 4) is 11.5 Å². The molecular formula is C54H88O10. The van der Waals surface area contributed by atoms with Gasteiger partial charge in [-0.3, -0.25) is 9.59 Å². The van der Waals surface area contributed by atoms with E-state index < -0.39 is 28.8 Å². The van der Waals surface area contributed by atoms with Crippen molar-refractivity contribution < 1.29 is 48.2 Å². The number of rotatable bonds is 20. The fourth-order valence-electron chi connectivity index (χ4n) is 8.09. The van der Waals surface area contributed by atoms with Crippen LogP contribution in [0.25, 0.3) is 0 Å². The lowest BCUT2D eigenvalue weighted by atomic mass is 9.83. The highest BCUT2D eigenvalue weighted by molar-refractivity contribution is 5.70. The number of phenolic OH excluding ortho intramolecular Hbond substituents is 2. The van der Waals surface area contributed by atoms with E-state index in [2.05, 4.69) is 55.4 Å². The summed E-state index contributed by atoms with van der Waals surface area (Å²) in [6.07, 6.45) is 13.3. The largest absolute Gasteiger partial charge is 0.507 e. The Kier molecular flexibility index (Phi) is 21.2. The highest BCUT2D eigenvalue weighted by atomic mass is 16.7. The van der Waals surface area contributed by atoms with Gasteiger partial charge >= 0.3 is 11.9 Å². The first-order chi connectivity index (χ1) is 29.8. The molecule has 0 unspecified atom stereocenters. The summed E-state index contributed by atoms with van der Waals surface area (Å²) in [5, 5.41) is 21.0. The number of benzene rings is 2. The molecule has 10 heteroatoms. The van der Waals surface area contributed by atoms with Crippen LogP contribution in [0.3, 0.4) is 0 Å². The van der Waals surface area contributed by atoms with Crippen LogP contribution in [0.15, 0.2) is 24.3 Å². The van der Waals surface area contributed by atoms with Gasteiger partial charge in [0, 0.05) is 23.7 Å². The molecule has 2 heterocycles. The van der Waals surface area contributed by atoms with Crippen LogP contribution in [-0.4, -0.2) is 74.4 Å². The Morgan fingerprint density at radius 1 is 0.562 bits per heavy atom. The molecule has 364 valence electrons. The molecule has 0 bridgehead atoms. The molecule has 0 amide bonds. The summed E-state index contributed by atoms with van der Waals surface area (Å²) >= 11 is 0. The van der Waals surface area contributed by atoms with Gasteiger partial charge in [0.15, 0.2) is 12.6 Å². The number of phenols is 2. The number of esters is 2. The van der Waals surface area contributed by atoms with Gasteiger partial charge in [0.1, 0.15) is 24.7 Å². The Labute approximate surface area is 387 Å². The zero-order valence-electron chi connectivity index (χ0n) is 42.6. The minimum absolute atomic E-state index is 0.139. The van der Waals surface area contributed by atoms with Crippen LogP contribution in [0.2, 0.25) is 0 Å².